The smallest absolute Gasteiger partial charge is 0.433 e. The van der Waals surface area contributed by atoms with Crippen molar-refractivity contribution in [1.29, 1.82) is 0 Å². The standard InChI is InChI=1S/C15H17N3O3S/c1-22-14(17-15(20)21)16-13(19)12-11-7-9(11)8-18(12)10-5-3-2-4-6-10/h2-6,9,11-12H,7-8H2,1H3,(H,20,21)(H,16,17,19). The number of hydrogen-bond donors (Lipinski definition) is 2. The molecule has 2 amide bonds. The maximum Gasteiger partial charge on any atom is 0.433 e. The summed E-state index contributed by atoms with van der Waals surface area (Å²) in [6, 6.07) is 9.58. The van der Waals surface area contributed by atoms with Crippen LogP contribution in [0.5, 0.6) is 0 Å². The van der Waals surface area contributed by atoms with Gasteiger partial charge < -0.3 is 15.3 Å². The number of aliphatic imine (C=N–C) groups is 1. The second-order valence-electron chi connectivity index (χ2n) is 5.49. The Morgan fingerprint density at radius 2 is 2.09 bits per heavy atom. The topological polar surface area (TPSA) is 82.0 Å². The van der Waals surface area contributed by atoms with E-state index in [0.29, 0.717) is 11.8 Å². The summed E-state index contributed by atoms with van der Waals surface area (Å²) < 4.78 is 0. The number of hydrogen-bond acceptors (Lipinski definition) is 4. The number of anilines is 1. The molecule has 2 aliphatic rings. The van der Waals surface area contributed by atoms with E-state index in [-0.39, 0.29) is 17.1 Å². The SMILES string of the molecule is CSC(=NC(=O)O)NC(=O)C1C2CC2CN1c1ccccc1. The van der Waals surface area contributed by atoms with Crippen LogP contribution in [0.3, 0.4) is 0 Å². The summed E-state index contributed by atoms with van der Waals surface area (Å²) in [5.74, 6) is 0.737. The Kier molecular flexibility index (Phi) is 4.06. The van der Waals surface area contributed by atoms with E-state index in [4.69, 9.17) is 5.11 Å². The molecule has 0 aromatic heterocycles. The van der Waals surface area contributed by atoms with Gasteiger partial charge in [0.1, 0.15) is 6.04 Å². The van der Waals surface area contributed by atoms with Gasteiger partial charge in [0.15, 0.2) is 5.17 Å². The van der Waals surface area contributed by atoms with Crippen molar-refractivity contribution >= 4 is 34.6 Å². The Morgan fingerprint density at radius 1 is 1.36 bits per heavy atom. The van der Waals surface area contributed by atoms with Crippen molar-refractivity contribution in [2.75, 3.05) is 17.7 Å². The number of nitrogens with one attached hydrogen (secondary N) is 1. The van der Waals surface area contributed by atoms with Gasteiger partial charge in [-0.1, -0.05) is 30.0 Å². The van der Waals surface area contributed by atoms with Crippen LogP contribution in [0.2, 0.25) is 0 Å². The number of carboxylic acid groups (broad SMARTS) is 1. The van der Waals surface area contributed by atoms with Crippen molar-refractivity contribution in [3.63, 3.8) is 0 Å². The van der Waals surface area contributed by atoms with Gasteiger partial charge in [-0.25, -0.2) is 4.79 Å². The quantitative estimate of drug-likeness (QED) is 0.644. The van der Waals surface area contributed by atoms with Gasteiger partial charge in [0.2, 0.25) is 5.91 Å². The Hall–Kier alpha value is -2.02. The summed E-state index contributed by atoms with van der Waals surface area (Å²) in [7, 11) is 0. The first-order valence-corrected chi connectivity index (χ1v) is 8.30. The highest BCUT2D eigenvalue weighted by Gasteiger charge is 2.55. The number of para-hydroxylation sites is 1. The van der Waals surface area contributed by atoms with Gasteiger partial charge in [-0.2, -0.15) is 4.99 Å². The van der Waals surface area contributed by atoms with E-state index in [9.17, 15) is 9.59 Å². The van der Waals surface area contributed by atoms with Crippen molar-refractivity contribution in [3.8, 4) is 0 Å². The number of benzene rings is 1. The highest BCUT2D eigenvalue weighted by molar-refractivity contribution is 8.13. The van der Waals surface area contributed by atoms with Gasteiger partial charge in [-0.05, 0) is 36.6 Å². The van der Waals surface area contributed by atoms with Gasteiger partial charge in [-0.15, -0.1) is 0 Å². The van der Waals surface area contributed by atoms with Gasteiger partial charge in [0, 0.05) is 12.2 Å². The molecule has 2 fully saturated rings. The van der Waals surface area contributed by atoms with Crippen LogP contribution >= 0.6 is 11.8 Å². The van der Waals surface area contributed by atoms with Crippen molar-refractivity contribution in [2.45, 2.75) is 12.5 Å². The van der Waals surface area contributed by atoms with Crippen LogP contribution in [0, 0.1) is 11.8 Å². The molecule has 22 heavy (non-hydrogen) atoms. The molecule has 7 heteroatoms. The number of carbonyl (C=O) groups is 2. The van der Waals surface area contributed by atoms with Crippen molar-refractivity contribution < 1.29 is 14.7 Å². The average molecular weight is 319 g/mol. The molecule has 2 N–H and O–H groups in total. The fraction of sp³-hybridized carbons (Fsp3) is 0.400. The first-order chi connectivity index (χ1) is 10.6. The molecule has 1 saturated heterocycles. The lowest BCUT2D eigenvalue weighted by molar-refractivity contribution is -0.121. The van der Waals surface area contributed by atoms with Crippen molar-refractivity contribution in [3.05, 3.63) is 30.3 Å². The van der Waals surface area contributed by atoms with Gasteiger partial charge >= 0.3 is 6.09 Å². The Labute approximate surface area is 132 Å². The number of amides is 2. The molecule has 3 unspecified atom stereocenters. The zero-order valence-corrected chi connectivity index (χ0v) is 12.9. The predicted molar refractivity (Wildman–Crippen MR) is 86.3 cm³/mol. The Bertz CT molecular complexity index is 620. The van der Waals surface area contributed by atoms with Crippen LogP contribution < -0.4 is 10.2 Å². The molecule has 3 rings (SSSR count). The summed E-state index contributed by atoms with van der Waals surface area (Å²) in [5.41, 5.74) is 1.02. The third-order valence-corrected chi connectivity index (χ3v) is 4.71. The third-order valence-electron chi connectivity index (χ3n) is 4.13. The number of amidine groups is 1. The summed E-state index contributed by atoms with van der Waals surface area (Å²) in [6.45, 7) is 0.872. The molecule has 0 spiro atoms. The van der Waals surface area contributed by atoms with Crippen LogP contribution in [0.15, 0.2) is 35.3 Å². The molecule has 1 aromatic carbocycles. The molecule has 116 valence electrons. The van der Waals surface area contributed by atoms with Gasteiger partial charge in [0.05, 0.1) is 0 Å². The van der Waals surface area contributed by atoms with Gasteiger partial charge in [-0.3, -0.25) is 4.79 Å². The van der Waals surface area contributed by atoms with Gasteiger partial charge in [0.25, 0.3) is 0 Å². The summed E-state index contributed by atoms with van der Waals surface area (Å²) in [6.07, 6.45) is 1.44. The molecule has 1 aliphatic carbocycles. The Balaban J connectivity index is 1.77. The summed E-state index contributed by atoms with van der Waals surface area (Å²) in [5, 5.41) is 11.5. The van der Waals surface area contributed by atoms with Crippen LogP contribution in [0.1, 0.15) is 6.42 Å². The fourth-order valence-corrected chi connectivity index (χ4v) is 3.45. The van der Waals surface area contributed by atoms with E-state index >= 15 is 0 Å². The number of carbonyl (C=O) groups excluding carboxylic acids is 1. The summed E-state index contributed by atoms with van der Waals surface area (Å²) in [4.78, 5) is 28.7. The van der Waals surface area contributed by atoms with Crippen molar-refractivity contribution in [1.82, 2.24) is 5.32 Å². The number of nitrogens with zero attached hydrogens (tertiary/aromatic N) is 2. The molecular weight excluding hydrogens is 302 g/mol. The maximum absolute atomic E-state index is 12.6. The zero-order valence-electron chi connectivity index (χ0n) is 12.1. The second kappa shape index (κ2) is 6.00. The molecule has 1 heterocycles. The number of piperidine rings is 1. The maximum atomic E-state index is 12.6. The van der Waals surface area contributed by atoms with Crippen molar-refractivity contribution in [2.24, 2.45) is 16.8 Å². The normalized spacial score (nSPS) is 26.5. The first kappa shape index (κ1) is 14.9. The highest BCUT2D eigenvalue weighted by Crippen LogP contribution is 2.50. The highest BCUT2D eigenvalue weighted by atomic mass is 32.2. The van der Waals surface area contributed by atoms with Crippen LogP contribution in [0.25, 0.3) is 0 Å². The van der Waals surface area contributed by atoms with E-state index < -0.39 is 6.09 Å². The third kappa shape index (κ3) is 2.94. The monoisotopic (exact) mass is 319 g/mol. The summed E-state index contributed by atoms with van der Waals surface area (Å²) >= 11 is 1.12. The lowest BCUT2D eigenvalue weighted by Gasteiger charge is -2.28. The minimum absolute atomic E-state index is 0.120. The second-order valence-corrected chi connectivity index (χ2v) is 6.28. The van der Waals surface area contributed by atoms with Crippen LogP contribution in [-0.4, -0.2) is 41.1 Å². The lowest BCUT2D eigenvalue weighted by Crippen LogP contribution is -2.47. The number of thioether (sulfide) groups is 1. The molecule has 1 aliphatic heterocycles. The van der Waals surface area contributed by atoms with E-state index in [1.807, 2.05) is 30.3 Å². The average Bonchev–Trinajstić information content (AvgIpc) is 3.17. The number of fused-ring (bicyclic) bond motifs is 1. The molecule has 3 atom stereocenters. The molecular formula is C15H17N3O3S. The molecule has 1 saturated carbocycles. The molecule has 1 aromatic rings. The lowest BCUT2D eigenvalue weighted by atomic mass is 10.1. The fourth-order valence-electron chi connectivity index (χ4n) is 3.08. The first-order valence-electron chi connectivity index (χ1n) is 7.08. The minimum Gasteiger partial charge on any atom is -0.463 e. The van der Waals surface area contributed by atoms with Crippen LogP contribution in [-0.2, 0) is 4.79 Å². The predicted octanol–water partition coefficient (Wildman–Crippen LogP) is 2.02. The zero-order chi connectivity index (χ0) is 15.7. The van der Waals surface area contributed by atoms with Crippen LogP contribution in [0.4, 0.5) is 10.5 Å². The molecule has 6 nitrogen and oxygen atoms in total. The van der Waals surface area contributed by atoms with E-state index in [0.717, 1.165) is 30.4 Å². The molecule has 0 bridgehead atoms. The van der Waals surface area contributed by atoms with E-state index in [2.05, 4.69) is 15.2 Å². The largest absolute Gasteiger partial charge is 0.463 e. The minimum atomic E-state index is -1.31. The molecule has 0 radical (unpaired) electrons. The van der Waals surface area contributed by atoms with E-state index in [1.54, 1.807) is 6.26 Å². The van der Waals surface area contributed by atoms with E-state index in [1.165, 1.54) is 0 Å². The number of rotatable bonds is 2. The Morgan fingerprint density at radius 3 is 2.73 bits per heavy atom.